The van der Waals surface area contributed by atoms with Gasteiger partial charge >= 0.3 is 24.5 Å². The van der Waals surface area contributed by atoms with Crippen molar-refractivity contribution in [2.45, 2.75) is 141 Å². The Morgan fingerprint density at radius 2 is 1.02 bits per heavy atom. The van der Waals surface area contributed by atoms with Crippen LogP contribution in [0.4, 0.5) is 35.9 Å². The summed E-state index contributed by atoms with van der Waals surface area (Å²) in [6, 6.07) is 24.4. The minimum Gasteiger partial charge on any atom is -0.444 e. The molecule has 18 nitrogen and oxygen atoms in total. The van der Waals surface area contributed by atoms with E-state index in [4.69, 9.17) is 30.4 Å². The number of carbonyl (C=O) groups is 6. The molecule has 5 heterocycles. The summed E-state index contributed by atoms with van der Waals surface area (Å²) in [7, 11) is 1.58. The van der Waals surface area contributed by atoms with Crippen molar-refractivity contribution in [2.24, 2.45) is 23.3 Å². The number of fused-ring (bicyclic) bond motifs is 2. The van der Waals surface area contributed by atoms with Crippen LogP contribution in [0, 0.1) is 25.7 Å². The molecule has 0 aromatic heterocycles. The average molecular weight is 1250 g/mol. The lowest BCUT2D eigenvalue weighted by Crippen LogP contribution is -2.73. The van der Waals surface area contributed by atoms with E-state index in [2.05, 4.69) is 0 Å². The maximum Gasteiger partial charge on any atom is 0.416 e. The quantitative estimate of drug-likeness (QED) is 0.0558. The molecule has 6 amide bonds. The van der Waals surface area contributed by atoms with Gasteiger partial charge in [-0.3, -0.25) is 29.0 Å². The summed E-state index contributed by atoms with van der Waals surface area (Å²) in [5, 5.41) is 0. The number of aryl methyl sites for hydroxylation is 2. The first-order valence-electron chi connectivity index (χ1n) is 30.6. The van der Waals surface area contributed by atoms with Gasteiger partial charge in [0, 0.05) is 46.5 Å². The Kier molecular flexibility index (Phi) is 23.5. The van der Waals surface area contributed by atoms with Crippen LogP contribution in [0.25, 0.3) is 0 Å². The molecule has 0 bridgehead atoms. The molecule has 5 aliphatic heterocycles. The molecule has 0 radical (unpaired) electrons. The minimum absolute atomic E-state index is 0.0466. The molecule has 5 saturated heterocycles. The van der Waals surface area contributed by atoms with E-state index in [1.54, 1.807) is 46.6 Å². The lowest BCUT2D eigenvalue weighted by Gasteiger charge is -2.54. The molecule has 0 aliphatic carbocycles. The van der Waals surface area contributed by atoms with Gasteiger partial charge in [0.2, 0.25) is 23.6 Å². The minimum atomic E-state index is -4.54. The number of carbonyl (C=O) groups excluding carboxylic acids is 6. The Bertz CT molecular complexity index is 3050. The first kappa shape index (κ1) is 67.6. The number of nitrogens with two attached hydrogens (primary N) is 2. The van der Waals surface area contributed by atoms with E-state index in [0.717, 1.165) is 48.2 Å². The van der Waals surface area contributed by atoms with Crippen LogP contribution in [0.5, 0.6) is 0 Å². The van der Waals surface area contributed by atoms with E-state index in [-0.39, 0.29) is 80.3 Å². The highest BCUT2D eigenvalue weighted by Crippen LogP contribution is 2.37. The molecule has 5 aliphatic rings. The van der Waals surface area contributed by atoms with Crippen LogP contribution < -0.4 is 11.5 Å². The maximum atomic E-state index is 14.1. The number of alkyl halides is 6. The summed E-state index contributed by atoms with van der Waals surface area (Å²) in [5.74, 6) is -2.05. The van der Waals surface area contributed by atoms with Crippen molar-refractivity contribution in [1.82, 2.24) is 29.4 Å². The smallest absolute Gasteiger partial charge is 0.416 e. The van der Waals surface area contributed by atoms with Crippen LogP contribution in [0.2, 0.25) is 0 Å². The van der Waals surface area contributed by atoms with Gasteiger partial charge in [-0.15, -0.1) is 0 Å². The summed E-state index contributed by atoms with van der Waals surface area (Å²) in [5.41, 5.74) is 12.8. The number of amides is 6. The number of benzene rings is 4. The van der Waals surface area contributed by atoms with Crippen molar-refractivity contribution in [3.05, 3.63) is 142 Å². The van der Waals surface area contributed by atoms with Crippen molar-refractivity contribution in [3.8, 4) is 0 Å². The van der Waals surface area contributed by atoms with Gasteiger partial charge in [0.05, 0.1) is 42.2 Å². The fourth-order valence-corrected chi connectivity index (χ4v) is 12.7. The molecule has 9 rings (SSSR count). The van der Waals surface area contributed by atoms with E-state index in [0.29, 0.717) is 108 Å². The van der Waals surface area contributed by atoms with E-state index in [1.807, 2.05) is 60.7 Å². The maximum absolute atomic E-state index is 14.1. The first-order valence-corrected chi connectivity index (χ1v) is 30.6. The fourth-order valence-electron chi connectivity index (χ4n) is 12.7. The lowest BCUT2D eigenvalue weighted by molar-refractivity contribution is -0.174. The van der Waals surface area contributed by atoms with E-state index < -0.39 is 71.9 Å². The van der Waals surface area contributed by atoms with E-state index in [9.17, 15) is 55.1 Å². The van der Waals surface area contributed by atoms with Gasteiger partial charge in [0.15, 0.2) is 0 Å². The van der Waals surface area contributed by atoms with Gasteiger partial charge in [-0.1, -0.05) is 83.9 Å². The fraction of sp³-hybridized carbons (Fsp3) is 0.538. The molecule has 0 saturated carbocycles. The number of piperazine rings is 2. The highest BCUT2D eigenvalue weighted by Gasteiger charge is 2.54. The summed E-state index contributed by atoms with van der Waals surface area (Å²) in [4.78, 5) is 92.8. The van der Waals surface area contributed by atoms with E-state index >= 15 is 0 Å². The zero-order valence-corrected chi connectivity index (χ0v) is 50.7. The van der Waals surface area contributed by atoms with Crippen LogP contribution in [-0.2, 0) is 76.5 Å². The highest BCUT2D eigenvalue weighted by atomic mass is 19.4. The second-order valence-corrected chi connectivity index (χ2v) is 23.7. The standard InChI is InChI=1S/C33H41F3N4O5.C32H41F3N4O5/c1-22-14-24(17-26(15-22)33(34,35)36)21-45-32(43)39-18-25(16-23-8-3-2-4-9-23)30(41)40-28(11-5-6-12-37)31(42)38(20-29(39)40)19-27-10-7-13-44-27;1-22-15-24(18-26(16-22)32(33,34)35)21-44-31(42)38-19-25(17-23-9-4-3-5-10-23)29(40)39-27(11-6-7-12-36)30(41)37(20-28(38)39)13-8-14-43-2/h2-4,8-9,14-15,17,25,27-29H,5-7,10-13,16,18-21,37H2,1H3;3-5,9-10,15-16,18,25,27-28H,6-8,11-14,17,19-21,36H2,1-2H3/t25-,27?,28+,29-;25-,27+,28-/m11/s1. The third-order valence-electron chi connectivity index (χ3n) is 16.9. The molecule has 5 fully saturated rings. The highest BCUT2D eigenvalue weighted by molar-refractivity contribution is 5.93. The van der Waals surface area contributed by atoms with Gasteiger partial charge in [0.1, 0.15) is 37.6 Å². The molecule has 4 aromatic rings. The zero-order valence-electron chi connectivity index (χ0n) is 50.7. The monoisotopic (exact) mass is 1250 g/mol. The van der Waals surface area contributed by atoms with Crippen molar-refractivity contribution in [3.63, 3.8) is 0 Å². The number of hydrogen-bond donors (Lipinski definition) is 2. The lowest BCUT2D eigenvalue weighted by atomic mass is 9.90. The molecular weight excluding hydrogens is 1170 g/mol. The largest absolute Gasteiger partial charge is 0.444 e. The van der Waals surface area contributed by atoms with Gasteiger partial charge in [-0.25, -0.2) is 9.59 Å². The van der Waals surface area contributed by atoms with E-state index in [1.165, 1.54) is 15.9 Å². The van der Waals surface area contributed by atoms with Gasteiger partial charge in [-0.2, -0.15) is 26.3 Å². The van der Waals surface area contributed by atoms with Crippen LogP contribution >= 0.6 is 0 Å². The predicted octanol–water partition coefficient (Wildman–Crippen LogP) is 8.85. The number of unbranched alkanes of at least 4 members (excludes halogenated alkanes) is 2. The Labute approximate surface area is 515 Å². The summed E-state index contributed by atoms with van der Waals surface area (Å²) in [6.07, 6.45) is -5.91. The number of ether oxygens (including phenoxy) is 4. The number of methoxy groups -OCH3 is 1. The summed E-state index contributed by atoms with van der Waals surface area (Å²) >= 11 is 0. The SMILES string of the molecule is COCCCN1C[C@@H]2N(C(=O)OCc3cc(C)cc(C(F)(F)F)c3)C[C@@H](Cc3ccccc3)C(=O)N2[C@@H](CCCCN)C1=O.Cc1cc(COC(=O)N2C[C@@H](Cc3ccccc3)C(=O)N3[C@@H]2CN(CC2CCCO2)C(=O)[C@@H]3CCCCN)cc(C(F)(F)F)c1. The molecule has 4 N–H and O–H groups in total. The number of halogens is 6. The van der Waals surface area contributed by atoms with Crippen molar-refractivity contribution >= 4 is 35.8 Å². The van der Waals surface area contributed by atoms with Gasteiger partial charge in [0.25, 0.3) is 0 Å². The van der Waals surface area contributed by atoms with Gasteiger partial charge < -0.3 is 50.0 Å². The first-order chi connectivity index (χ1) is 42.6. The number of rotatable bonds is 22. The molecule has 0 spiro atoms. The molecular formula is C65H82F6N8O10. The van der Waals surface area contributed by atoms with Crippen LogP contribution in [0.1, 0.15) is 102 Å². The number of hydrogen-bond acceptors (Lipinski definition) is 12. The van der Waals surface area contributed by atoms with Crippen molar-refractivity contribution in [2.75, 3.05) is 72.7 Å². The summed E-state index contributed by atoms with van der Waals surface area (Å²) < 4.78 is 103. The molecule has 484 valence electrons. The Hall–Kier alpha value is -7.28. The Balaban J connectivity index is 0.000000230. The third-order valence-corrected chi connectivity index (χ3v) is 16.9. The zero-order chi connectivity index (χ0) is 64.0. The third kappa shape index (κ3) is 17.6. The molecule has 1 unspecified atom stereocenters. The molecule has 7 atom stereocenters. The average Bonchev–Trinajstić information content (AvgIpc) is 1.67. The molecule has 24 heteroatoms. The van der Waals surface area contributed by atoms with Crippen LogP contribution in [0.3, 0.4) is 0 Å². The van der Waals surface area contributed by atoms with Crippen molar-refractivity contribution in [1.29, 1.82) is 0 Å². The topological polar surface area (TPSA) is 211 Å². The second kappa shape index (κ2) is 31.0. The van der Waals surface area contributed by atoms with Crippen LogP contribution in [0.15, 0.2) is 97.1 Å². The summed E-state index contributed by atoms with van der Waals surface area (Å²) in [6.45, 7) is 5.32. The number of nitrogens with zero attached hydrogens (tertiary/aromatic N) is 6. The Morgan fingerprint density at radius 1 is 0.573 bits per heavy atom. The van der Waals surface area contributed by atoms with Gasteiger partial charge in [-0.05, 0) is 144 Å². The van der Waals surface area contributed by atoms with Crippen molar-refractivity contribution < 1.29 is 74.1 Å². The Morgan fingerprint density at radius 3 is 1.44 bits per heavy atom. The predicted molar refractivity (Wildman–Crippen MR) is 317 cm³/mol. The molecule has 89 heavy (non-hydrogen) atoms. The molecule has 4 aromatic carbocycles. The normalized spacial score (nSPS) is 22.2. The second-order valence-electron chi connectivity index (χ2n) is 23.7. The van der Waals surface area contributed by atoms with Crippen LogP contribution in [-0.4, -0.2) is 168 Å².